The molecule has 0 fully saturated rings. The van der Waals surface area contributed by atoms with Crippen LogP contribution in [0.1, 0.15) is 5.56 Å². The quantitative estimate of drug-likeness (QED) is 0.567. The third-order valence-electron chi connectivity index (χ3n) is 3.08. The molecule has 1 aromatic heterocycles. The molecule has 0 aliphatic heterocycles. The maximum absolute atomic E-state index is 13.8. The maximum atomic E-state index is 13.8. The standard InChI is InChI=1S/C15H9F3S/c1-8-10-4-2-3-5-13(10)19-15(8)14-11(17)6-9(16)7-12(14)18/h2-7H,1H3. The third kappa shape index (κ3) is 1.92. The first-order valence-electron chi connectivity index (χ1n) is 5.71. The smallest absolute Gasteiger partial charge is 0.137 e. The molecule has 2 aromatic carbocycles. The molecule has 0 radical (unpaired) electrons. The lowest BCUT2D eigenvalue weighted by Crippen LogP contribution is -1.91. The number of halogens is 3. The SMILES string of the molecule is Cc1c(-c2c(F)cc(F)cc2F)sc2ccccc12. The Balaban J connectivity index is 2.34. The van der Waals surface area contributed by atoms with Gasteiger partial charge in [-0.1, -0.05) is 18.2 Å². The Morgan fingerprint density at radius 2 is 1.58 bits per heavy atom. The summed E-state index contributed by atoms with van der Waals surface area (Å²) in [6.45, 7) is 1.82. The molecule has 0 amide bonds. The summed E-state index contributed by atoms with van der Waals surface area (Å²) in [4.78, 5) is 0.510. The number of aryl methyl sites for hydroxylation is 1. The molecular formula is C15H9F3S. The molecule has 0 aliphatic carbocycles. The van der Waals surface area contributed by atoms with Gasteiger partial charge in [-0.3, -0.25) is 0 Å². The molecule has 0 atom stereocenters. The molecule has 0 unspecified atom stereocenters. The molecule has 1 heterocycles. The van der Waals surface area contributed by atoms with Crippen LogP contribution < -0.4 is 0 Å². The summed E-state index contributed by atoms with van der Waals surface area (Å²) >= 11 is 1.31. The van der Waals surface area contributed by atoms with Crippen molar-refractivity contribution in [3.63, 3.8) is 0 Å². The van der Waals surface area contributed by atoms with Gasteiger partial charge in [0.15, 0.2) is 0 Å². The van der Waals surface area contributed by atoms with Crippen molar-refractivity contribution in [3.05, 3.63) is 59.4 Å². The summed E-state index contributed by atoms with van der Waals surface area (Å²) in [6, 6.07) is 8.98. The van der Waals surface area contributed by atoms with Crippen LogP contribution in [0, 0.1) is 24.4 Å². The lowest BCUT2D eigenvalue weighted by Gasteiger charge is -2.04. The van der Waals surface area contributed by atoms with Crippen molar-refractivity contribution in [2.45, 2.75) is 6.92 Å². The van der Waals surface area contributed by atoms with E-state index in [0.717, 1.165) is 15.6 Å². The van der Waals surface area contributed by atoms with Crippen LogP contribution in [0.25, 0.3) is 20.5 Å². The normalized spacial score (nSPS) is 11.2. The van der Waals surface area contributed by atoms with E-state index in [2.05, 4.69) is 0 Å². The molecule has 3 aromatic rings. The fraction of sp³-hybridized carbons (Fsp3) is 0.0667. The highest BCUT2D eigenvalue weighted by molar-refractivity contribution is 7.22. The Hall–Kier alpha value is -1.81. The summed E-state index contributed by atoms with van der Waals surface area (Å²) in [6.07, 6.45) is 0. The minimum absolute atomic E-state index is 0.153. The molecule has 3 rings (SSSR count). The Labute approximate surface area is 112 Å². The minimum Gasteiger partial charge on any atom is -0.207 e. The average molecular weight is 278 g/mol. The van der Waals surface area contributed by atoms with E-state index in [4.69, 9.17) is 0 Å². The van der Waals surface area contributed by atoms with Crippen LogP contribution in [0.5, 0.6) is 0 Å². The van der Waals surface area contributed by atoms with Crippen molar-refractivity contribution in [2.75, 3.05) is 0 Å². The highest BCUT2D eigenvalue weighted by atomic mass is 32.1. The fourth-order valence-electron chi connectivity index (χ4n) is 2.17. The van der Waals surface area contributed by atoms with Crippen molar-refractivity contribution in [1.82, 2.24) is 0 Å². The molecule has 0 aliphatic rings. The first-order chi connectivity index (χ1) is 9.08. The van der Waals surface area contributed by atoms with Gasteiger partial charge in [0.25, 0.3) is 0 Å². The van der Waals surface area contributed by atoms with Crippen LogP contribution in [-0.2, 0) is 0 Å². The number of benzene rings is 2. The monoisotopic (exact) mass is 278 g/mol. The van der Waals surface area contributed by atoms with Crippen LogP contribution in [0.2, 0.25) is 0 Å². The van der Waals surface area contributed by atoms with Gasteiger partial charge < -0.3 is 0 Å². The van der Waals surface area contributed by atoms with Gasteiger partial charge >= 0.3 is 0 Å². The Morgan fingerprint density at radius 1 is 0.947 bits per heavy atom. The lowest BCUT2D eigenvalue weighted by molar-refractivity contribution is 0.548. The van der Waals surface area contributed by atoms with E-state index in [-0.39, 0.29) is 5.56 Å². The van der Waals surface area contributed by atoms with E-state index in [9.17, 15) is 13.2 Å². The Kier molecular flexibility index (Phi) is 2.82. The zero-order valence-corrected chi connectivity index (χ0v) is 10.8. The van der Waals surface area contributed by atoms with Gasteiger partial charge in [-0.05, 0) is 23.9 Å². The highest BCUT2D eigenvalue weighted by Gasteiger charge is 2.18. The van der Waals surface area contributed by atoms with E-state index >= 15 is 0 Å². The largest absolute Gasteiger partial charge is 0.207 e. The van der Waals surface area contributed by atoms with Crippen molar-refractivity contribution >= 4 is 21.4 Å². The topological polar surface area (TPSA) is 0 Å². The lowest BCUT2D eigenvalue weighted by atomic mass is 10.1. The van der Waals surface area contributed by atoms with Gasteiger partial charge in [-0.2, -0.15) is 0 Å². The molecule has 0 saturated carbocycles. The van der Waals surface area contributed by atoms with Gasteiger partial charge in [0.05, 0.1) is 5.56 Å². The summed E-state index contributed by atoms with van der Waals surface area (Å²) in [7, 11) is 0. The van der Waals surface area contributed by atoms with Gasteiger partial charge in [0, 0.05) is 21.7 Å². The van der Waals surface area contributed by atoms with E-state index < -0.39 is 17.5 Å². The molecule has 0 spiro atoms. The zero-order chi connectivity index (χ0) is 13.6. The van der Waals surface area contributed by atoms with Gasteiger partial charge in [0.2, 0.25) is 0 Å². The molecule has 96 valence electrons. The van der Waals surface area contributed by atoms with Crippen LogP contribution in [-0.4, -0.2) is 0 Å². The maximum Gasteiger partial charge on any atom is 0.137 e. The summed E-state index contributed by atoms with van der Waals surface area (Å²) in [5.74, 6) is -2.64. The molecule has 4 heteroatoms. The molecule has 19 heavy (non-hydrogen) atoms. The van der Waals surface area contributed by atoms with Crippen molar-refractivity contribution in [3.8, 4) is 10.4 Å². The second-order valence-electron chi connectivity index (χ2n) is 4.30. The molecule has 0 saturated heterocycles. The fourth-order valence-corrected chi connectivity index (χ4v) is 3.43. The van der Waals surface area contributed by atoms with Crippen molar-refractivity contribution in [2.24, 2.45) is 0 Å². The Bertz CT molecular complexity index is 751. The molecule has 0 N–H and O–H groups in total. The predicted molar refractivity (Wildman–Crippen MR) is 71.9 cm³/mol. The second-order valence-corrected chi connectivity index (χ2v) is 5.35. The second kappa shape index (κ2) is 4.38. The third-order valence-corrected chi connectivity index (χ3v) is 4.37. The summed E-state index contributed by atoms with van der Waals surface area (Å²) in [5, 5.41) is 0.964. The number of hydrogen-bond donors (Lipinski definition) is 0. The number of rotatable bonds is 1. The molecule has 0 bridgehead atoms. The zero-order valence-electron chi connectivity index (χ0n) is 10.0. The van der Waals surface area contributed by atoms with Gasteiger partial charge in [0.1, 0.15) is 17.5 Å². The predicted octanol–water partition coefficient (Wildman–Crippen LogP) is 5.29. The first kappa shape index (κ1) is 12.2. The number of thiophene rings is 1. The number of hydrogen-bond acceptors (Lipinski definition) is 1. The molecular weight excluding hydrogens is 269 g/mol. The van der Waals surface area contributed by atoms with Crippen LogP contribution in [0.15, 0.2) is 36.4 Å². The van der Waals surface area contributed by atoms with Crippen LogP contribution >= 0.6 is 11.3 Å². The summed E-state index contributed by atoms with van der Waals surface area (Å²) < 4.78 is 41.6. The minimum atomic E-state index is -0.905. The van der Waals surface area contributed by atoms with E-state index in [1.54, 1.807) is 0 Å². The molecule has 0 nitrogen and oxygen atoms in total. The van der Waals surface area contributed by atoms with Gasteiger partial charge in [-0.25, -0.2) is 13.2 Å². The van der Waals surface area contributed by atoms with Gasteiger partial charge in [-0.15, -0.1) is 11.3 Å². The van der Waals surface area contributed by atoms with Crippen molar-refractivity contribution < 1.29 is 13.2 Å². The first-order valence-corrected chi connectivity index (χ1v) is 6.52. The van der Waals surface area contributed by atoms with Crippen LogP contribution in [0.3, 0.4) is 0 Å². The van der Waals surface area contributed by atoms with E-state index in [1.807, 2.05) is 31.2 Å². The average Bonchev–Trinajstić information content (AvgIpc) is 2.66. The highest BCUT2D eigenvalue weighted by Crippen LogP contribution is 2.40. The number of fused-ring (bicyclic) bond motifs is 1. The van der Waals surface area contributed by atoms with Crippen LogP contribution in [0.4, 0.5) is 13.2 Å². The van der Waals surface area contributed by atoms with E-state index in [0.29, 0.717) is 17.0 Å². The van der Waals surface area contributed by atoms with E-state index in [1.165, 1.54) is 11.3 Å². The summed E-state index contributed by atoms with van der Waals surface area (Å²) in [5.41, 5.74) is 0.658. The van der Waals surface area contributed by atoms with Crippen molar-refractivity contribution in [1.29, 1.82) is 0 Å². The Morgan fingerprint density at radius 3 is 2.21 bits per heavy atom.